The minimum atomic E-state index is -3.61. The molecule has 1 atom stereocenters. The zero-order chi connectivity index (χ0) is 20.4. The Morgan fingerprint density at radius 1 is 0.966 bits per heavy atom. The van der Waals surface area contributed by atoms with Gasteiger partial charge in [-0.1, -0.05) is 54.1 Å². The molecular formula is C21H18ClN3O3S. The van der Waals surface area contributed by atoms with Gasteiger partial charge in [-0.25, -0.2) is 8.42 Å². The Balaban J connectivity index is 1.47. The third-order valence-electron chi connectivity index (χ3n) is 4.65. The van der Waals surface area contributed by atoms with Gasteiger partial charge in [0, 0.05) is 17.1 Å². The predicted octanol–water partition coefficient (Wildman–Crippen LogP) is 3.67. The molecule has 0 aromatic heterocycles. The summed E-state index contributed by atoms with van der Waals surface area (Å²) >= 11 is 6.11. The van der Waals surface area contributed by atoms with Crippen LogP contribution in [0.2, 0.25) is 5.02 Å². The lowest BCUT2D eigenvalue weighted by atomic mass is 10.1. The summed E-state index contributed by atoms with van der Waals surface area (Å²) < 4.78 is 27.5. The Kier molecular flexibility index (Phi) is 5.27. The number of nitrogens with one attached hydrogen (secondary N) is 3. The van der Waals surface area contributed by atoms with Crippen LogP contribution in [0.15, 0.2) is 77.7 Å². The smallest absolute Gasteiger partial charge is 0.251 e. The average Bonchev–Trinajstić information content (AvgIpc) is 2.72. The zero-order valence-electron chi connectivity index (χ0n) is 15.2. The van der Waals surface area contributed by atoms with Crippen LogP contribution in [-0.2, 0) is 16.6 Å². The monoisotopic (exact) mass is 427 g/mol. The molecule has 6 nitrogen and oxygen atoms in total. The van der Waals surface area contributed by atoms with E-state index in [-0.39, 0.29) is 10.8 Å². The third-order valence-corrected chi connectivity index (χ3v) is 6.50. The maximum Gasteiger partial charge on any atom is 0.251 e. The molecule has 1 aliphatic rings. The normalized spacial score (nSPS) is 17.1. The van der Waals surface area contributed by atoms with Gasteiger partial charge in [0.25, 0.3) is 5.91 Å². The van der Waals surface area contributed by atoms with Crippen LogP contribution in [0.5, 0.6) is 0 Å². The first-order valence-electron chi connectivity index (χ1n) is 8.93. The van der Waals surface area contributed by atoms with Gasteiger partial charge in [-0.3, -0.25) is 4.79 Å². The number of halogens is 1. The first-order valence-corrected chi connectivity index (χ1v) is 10.8. The molecule has 3 N–H and O–H groups in total. The van der Waals surface area contributed by atoms with Crippen LogP contribution >= 0.6 is 11.6 Å². The number of rotatable bonds is 4. The lowest BCUT2D eigenvalue weighted by Gasteiger charge is -2.28. The number of fused-ring (bicyclic) bond motifs is 1. The predicted molar refractivity (Wildman–Crippen MR) is 112 cm³/mol. The molecule has 29 heavy (non-hydrogen) atoms. The summed E-state index contributed by atoms with van der Waals surface area (Å²) in [7, 11) is -3.61. The molecule has 0 aliphatic carbocycles. The molecular weight excluding hydrogens is 410 g/mol. The van der Waals surface area contributed by atoms with E-state index >= 15 is 0 Å². The Labute approximate surface area is 174 Å². The maximum atomic E-state index is 12.5. The van der Waals surface area contributed by atoms with Gasteiger partial charge in [0.05, 0.1) is 5.69 Å². The van der Waals surface area contributed by atoms with Crippen molar-refractivity contribution >= 4 is 33.2 Å². The number of amides is 1. The van der Waals surface area contributed by atoms with Crippen molar-refractivity contribution in [2.75, 3.05) is 5.32 Å². The summed E-state index contributed by atoms with van der Waals surface area (Å²) in [6.45, 7) is 0.320. The summed E-state index contributed by atoms with van der Waals surface area (Å²) in [5.74, 6) is -0.237. The van der Waals surface area contributed by atoms with Crippen molar-refractivity contribution in [3.05, 3.63) is 94.5 Å². The number of benzene rings is 3. The SMILES string of the molecule is O=C(NCc1ccccc1Cl)c1ccc([C@@H]2Nc3ccccc3S(=O)(=O)N2)cc1. The quantitative estimate of drug-likeness (QED) is 0.592. The molecule has 1 heterocycles. The molecule has 8 heteroatoms. The van der Waals surface area contributed by atoms with Crippen molar-refractivity contribution in [2.45, 2.75) is 17.6 Å². The van der Waals surface area contributed by atoms with Gasteiger partial charge in [0.2, 0.25) is 10.0 Å². The van der Waals surface area contributed by atoms with Gasteiger partial charge in [0.15, 0.2) is 0 Å². The molecule has 0 spiro atoms. The molecule has 3 aromatic carbocycles. The number of sulfonamides is 1. The van der Waals surface area contributed by atoms with Crippen LogP contribution in [0.4, 0.5) is 5.69 Å². The van der Waals surface area contributed by atoms with Crippen molar-refractivity contribution in [1.82, 2.24) is 10.0 Å². The van der Waals surface area contributed by atoms with E-state index in [9.17, 15) is 13.2 Å². The second-order valence-corrected chi connectivity index (χ2v) is 8.68. The van der Waals surface area contributed by atoms with Gasteiger partial charge in [-0.15, -0.1) is 0 Å². The van der Waals surface area contributed by atoms with Crippen molar-refractivity contribution in [3.8, 4) is 0 Å². The largest absolute Gasteiger partial charge is 0.364 e. The highest BCUT2D eigenvalue weighted by Crippen LogP contribution is 2.30. The molecule has 0 saturated carbocycles. The first kappa shape index (κ1) is 19.4. The van der Waals surface area contributed by atoms with E-state index in [1.807, 2.05) is 18.2 Å². The number of anilines is 1. The summed E-state index contributed by atoms with van der Waals surface area (Å²) in [5.41, 5.74) is 2.54. The highest BCUT2D eigenvalue weighted by atomic mass is 35.5. The van der Waals surface area contributed by atoms with E-state index in [0.717, 1.165) is 5.56 Å². The van der Waals surface area contributed by atoms with Crippen molar-refractivity contribution < 1.29 is 13.2 Å². The lowest BCUT2D eigenvalue weighted by molar-refractivity contribution is 0.0951. The highest BCUT2D eigenvalue weighted by molar-refractivity contribution is 7.89. The van der Waals surface area contributed by atoms with Gasteiger partial charge >= 0.3 is 0 Å². The Morgan fingerprint density at radius 3 is 2.41 bits per heavy atom. The Hall–Kier alpha value is -2.87. The molecule has 4 rings (SSSR count). The Bertz CT molecular complexity index is 1160. The standard InChI is InChI=1S/C21H18ClN3O3S/c22-17-6-2-1-5-16(17)13-23-21(26)15-11-9-14(10-12-15)20-24-18-7-3-4-8-19(18)29(27,28)25-20/h1-12,20,24-25H,13H2,(H,23,26)/t20-/m1/s1. The van der Waals surface area contributed by atoms with E-state index in [4.69, 9.17) is 11.6 Å². The van der Waals surface area contributed by atoms with E-state index in [2.05, 4.69) is 15.4 Å². The highest BCUT2D eigenvalue weighted by Gasteiger charge is 2.29. The maximum absolute atomic E-state index is 12.5. The topological polar surface area (TPSA) is 87.3 Å². The number of para-hydroxylation sites is 1. The van der Waals surface area contributed by atoms with Gasteiger partial charge in [-0.2, -0.15) is 4.72 Å². The van der Waals surface area contributed by atoms with Gasteiger partial charge in [-0.05, 0) is 41.5 Å². The van der Waals surface area contributed by atoms with E-state index in [0.29, 0.717) is 28.4 Å². The summed E-state index contributed by atoms with van der Waals surface area (Å²) in [5, 5.41) is 6.59. The number of hydrogen-bond donors (Lipinski definition) is 3. The molecule has 0 radical (unpaired) electrons. The van der Waals surface area contributed by atoms with Crippen LogP contribution in [0.25, 0.3) is 0 Å². The minimum Gasteiger partial charge on any atom is -0.364 e. The molecule has 0 saturated heterocycles. The summed E-state index contributed by atoms with van der Waals surface area (Å²) in [6.07, 6.45) is -0.616. The van der Waals surface area contributed by atoms with Crippen molar-refractivity contribution in [3.63, 3.8) is 0 Å². The molecule has 1 aliphatic heterocycles. The van der Waals surface area contributed by atoms with Crippen molar-refractivity contribution in [2.24, 2.45) is 0 Å². The number of hydrogen-bond acceptors (Lipinski definition) is 4. The second kappa shape index (κ2) is 7.87. The van der Waals surface area contributed by atoms with Crippen LogP contribution < -0.4 is 15.4 Å². The fraction of sp³-hybridized carbons (Fsp3) is 0.0952. The lowest BCUT2D eigenvalue weighted by Crippen LogP contribution is -2.38. The molecule has 3 aromatic rings. The molecule has 148 valence electrons. The van der Waals surface area contributed by atoms with E-state index in [1.165, 1.54) is 0 Å². The second-order valence-electron chi connectivity index (χ2n) is 6.59. The van der Waals surface area contributed by atoms with Gasteiger partial charge in [0.1, 0.15) is 11.1 Å². The van der Waals surface area contributed by atoms with E-state index in [1.54, 1.807) is 54.6 Å². The number of carbonyl (C=O) groups excluding carboxylic acids is 1. The number of carbonyl (C=O) groups is 1. The molecule has 0 bridgehead atoms. The van der Waals surface area contributed by atoms with Gasteiger partial charge < -0.3 is 10.6 Å². The van der Waals surface area contributed by atoms with Crippen LogP contribution in [0.3, 0.4) is 0 Å². The molecule has 1 amide bonds. The fourth-order valence-corrected chi connectivity index (χ4v) is 4.63. The molecule has 0 fully saturated rings. The fourth-order valence-electron chi connectivity index (χ4n) is 3.12. The van der Waals surface area contributed by atoms with Crippen LogP contribution in [0, 0.1) is 0 Å². The molecule has 0 unspecified atom stereocenters. The summed E-state index contributed by atoms with van der Waals surface area (Å²) in [4.78, 5) is 12.6. The van der Waals surface area contributed by atoms with Crippen LogP contribution in [-0.4, -0.2) is 14.3 Å². The first-order chi connectivity index (χ1) is 13.9. The zero-order valence-corrected chi connectivity index (χ0v) is 16.8. The Morgan fingerprint density at radius 2 is 1.66 bits per heavy atom. The van der Waals surface area contributed by atoms with Crippen LogP contribution in [0.1, 0.15) is 27.7 Å². The minimum absolute atomic E-state index is 0.215. The average molecular weight is 428 g/mol. The third kappa shape index (κ3) is 4.12. The van der Waals surface area contributed by atoms with Crippen molar-refractivity contribution in [1.29, 1.82) is 0 Å². The summed E-state index contributed by atoms with van der Waals surface area (Å²) in [6, 6.07) is 20.8. The van der Waals surface area contributed by atoms with E-state index < -0.39 is 16.2 Å².